The van der Waals surface area contributed by atoms with Crippen LogP contribution < -0.4 is 10.6 Å². The Kier molecular flexibility index (Phi) is 7.14. The van der Waals surface area contributed by atoms with Gasteiger partial charge >= 0.3 is 0 Å². The molecule has 0 saturated carbocycles. The molecule has 7 heteroatoms. The minimum atomic E-state index is -0.466. The quantitative estimate of drug-likeness (QED) is 0.669. The first-order chi connectivity index (χ1) is 11.6. The highest BCUT2D eigenvalue weighted by Gasteiger charge is 2.31. The van der Waals surface area contributed by atoms with E-state index >= 15 is 0 Å². The summed E-state index contributed by atoms with van der Waals surface area (Å²) < 4.78 is 5.39. The third-order valence-corrected chi connectivity index (χ3v) is 3.79. The van der Waals surface area contributed by atoms with Crippen molar-refractivity contribution in [2.75, 3.05) is 26.2 Å². The highest BCUT2D eigenvalue weighted by molar-refractivity contribution is 5.88. The zero-order valence-electron chi connectivity index (χ0n) is 14.3. The van der Waals surface area contributed by atoms with E-state index < -0.39 is 6.04 Å². The number of nitrogens with one attached hydrogen (secondary N) is 2. The molecule has 1 aromatic heterocycles. The van der Waals surface area contributed by atoms with Crippen LogP contribution in [0.15, 0.2) is 24.4 Å². The van der Waals surface area contributed by atoms with E-state index in [2.05, 4.69) is 15.6 Å². The molecule has 1 saturated heterocycles. The van der Waals surface area contributed by atoms with Crippen molar-refractivity contribution in [3.63, 3.8) is 0 Å². The lowest BCUT2D eigenvalue weighted by Crippen LogP contribution is -2.56. The van der Waals surface area contributed by atoms with Gasteiger partial charge in [-0.25, -0.2) is 0 Å². The van der Waals surface area contributed by atoms with Crippen LogP contribution >= 0.6 is 0 Å². The predicted octanol–water partition coefficient (Wildman–Crippen LogP) is 0.313. The highest BCUT2D eigenvalue weighted by atomic mass is 16.5. The van der Waals surface area contributed by atoms with Crippen LogP contribution in [0.1, 0.15) is 26.0 Å². The first-order valence-electron chi connectivity index (χ1n) is 8.36. The average molecular weight is 334 g/mol. The molecule has 1 atom stereocenters. The van der Waals surface area contributed by atoms with Gasteiger partial charge in [-0.3, -0.25) is 19.5 Å². The minimum Gasteiger partial charge on any atom is -0.377 e. The van der Waals surface area contributed by atoms with Gasteiger partial charge in [0, 0.05) is 32.4 Å². The average Bonchev–Trinajstić information content (AvgIpc) is 2.56. The fourth-order valence-electron chi connectivity index (χ4n) is 2.61. The summed E-state index contributed by atoms with van der Waals surface area (Å²) in [7, 11) is 0. The molecule has 2 N–H and O–H groups in total. The fraction of sp³-hybridized carbons (Fsp3) is 0.588. The summed E-state index contributed by atoms with van der Waals surface area (Å²) in [6, 6.07) is 5.23. The van der Waals surface area contributed by atoms with Gasteiger partial charge in [0.25, 0.3) is 0 Å². The van der Waals surface area contributed by atoms with Gasteiger partial charge in [-0.05, 0) is 26.0 Å². The van der Waals surface area contributed by atoms with Crippen molar-refractivity contribution in [2.24, 2.45) is 0 Å². The Balaban J connectivity index is 1.86. The number of carbonyl (C=O) groups excluding carboxylic acids is 2. The third-order valence-electron chi connectivity index (χ3n) is 3.79. The summed E-state index contributed by atoms with van der Waals surface area (Å²) in [6.07, 6.45) is 2.01. The van der Waals surface area contributed by atoms with Crippen LogP contribution in [0.25, 0.3) is 0 Å². The lowest BCUT2D eigenvalue weighted by molar-refractivity contribution is -0.134. The summed E-state index contributed by atoms with van der Waals surface area (Å²) in [6.45, 7) is 6.67. The Hall–Kier alpha value is -1.99. The number of ether oxygens (including phenoxy) is 1. The summed E-state index contributed by atoms with van der Waals surface area (Å²) in [5.41, 5.74) is 0.892. The second kappa shape index (κ2) is 9.34. The monoisotopic (exact) mass is 334 g/mol. The minimum absolute atomic E-state index is 0.106. The van der Waals surface area contributed by atoms with E-state index in [1.54, 1.807) is 6.20 Å². The topological polar surface area (TPSA) is 83.6 Å². The van der Waals surface area contributed by atoms with E-state index in [0.29, 0.717) is 32.8 Å². The molecule has 2 rings (SSSR count). The Bertz CT molecular complexity index is 536. The van der Waals surface area contributed by atoms with Crippen LogP contribution in [0.2, 0.25) is 0 Å². The number of rotatable bonds is 8. The molecular formula is C17H26N4O3. The smallest absolute Gasteiger partial charge is 0.237 e. The van der Waals surface area contributed by atoms with Gasteiger partial charge in [-0.1, -0.05) is 6.07 Å². The molecule has 132 valence electrons. The molecular weight excluding hydrogens is 308 g/mol. The Morgan fingerprint density at radius 3 is 3.04 bits per heavy atom. The van der Waals surface area contributed by atoms with Gasteiger partial charge in [-0.15, -0.1) is 0 Å². The van der Waals surface area contributed by atoms with Crippen LogP contribution in [0.3, 0.4) is 0 Å². The van der Waals surface area contributed by atoms with Crippen molar-refractivity contribution >= 4 is 11.8 Å². The van der Waals surface area contributed by atoms with E-state index in [4.69, 9.17) is 4.74 Å². The zero-order chi connectivity index (χ0) is 17.4. The number of piperazine rings is 1. The van der Waals surface area contributed by atoms with Crippen molar-refractivity contribution < 1.29 is 14.3 Å². The van der Waals surface area contributed by atoms with Crippen molar-refractivity contribution in [3.05, 3.63) is 30.1 Å². The Labute approximate surface area is 142 Å². The van der Waals surface area contributed by atoms with Crippen molar-refractivity contribution in [1.82, 2.24) is 20.5 Å². The van der Waals surface area contributed by atoms with E-state index in [9.17, 15) is 9.59 Å². The SMILES string of the molecule is CC(C)OCCNC(=O)C[C@H]1C(=O)NCCN1Cc1ccccn1. The third kappa shape index (κ3) is 5.90. The first kappa shape index (κ1) is 18.4. The van der Waals surface area contributed by atoms with Crippen molar-refractivity contribution in [2.45, 2.75) is 39.0 Å². The van der Waals surface area contributed by atoms with E-state index in [1.165, 1.54) is 0 Å². The van der Waals surface area contributed by atoms with Crippen LogP contribution in [0.5, 0.6) is 0 Å². The number of aromatic nitrogens is 1. The molecule has 0 unspecified atom stereocenters. The molecule has 24 heavy (non-hydrogen) atoms. The molecule has 0 radical (unpaired) electrons. The van der Waals surface area contributed by atoms with Gasteiger partial charge in [0.1, 0.15) is 0 Å². The Morgan fingerprint density at radius 1 is 1.50 bits per heavy atom. The number of amides is 2. The number of hydrogen-bond acceptors (Lipinski definition) is 5. The van der Waals surface area contributed by atoms with E-state index in [1.807, 2.05) is 36.9 Å². The predicted molar refractivity (Wildman–Crippen MR) is 90.2 cm³/mol. The van der Waals surface area contributed by atoms with Gasteiger partial charge in [-0.2, -0.15) is 0 Å². The molecule has 0 spiro atoms. The molecule has 0 aromatic carbocycles. The molecule has 1 aliphatic rings. The number of hydrogen-bond donors (Lipinski definition) is 2. The fourth-order valence-corrected chi connectivity index (χ4v) is 2.61. The molecule has 2 heterocycles. The molecule has 0 bridgehead atoms. The van der Waals surface area contributed by atoms with E-state index in [0.717, 1.165) is 5.69 Å². The normalized spacial score (nSPS) is 18.5. The van der Waals surface area contributed by atoms with Crippen LogP contribution in [-0.4, -0.2) is 60.1 Å². The first-order valence-corrected chi connectivity index (χ1v) is 8.36. The summed E-state index contributed by atoms with van der Waals surface area (Å²) in [5.74, 6) is -0.249. The maximum absolute atomic E-state index is 12.2. The number of nitrogens with zero attached hydrogens (tertiary/aromatic N) is 2. The van der Waals surface area contributed by atoms with Crippen LogP contribution in [0, 0.1) is 0 Å². The summed E-state index contributed by atoms with van der Waals surface area (Å²) >= 11 is 0. The maximum Gasteiger partial charge on any atom is 0.237 e. The number of carbonyl (C=O) groups is 2. The summed E-state index contributed by atoms with van der Waals surface area (Å²) in [4.78, 5) is 30.6. The van der Waals surface area contributed by atoms with Gasteiger partial charge in [0.15, 0.2) is 0 Å². The second-order valence-corrected chi connectivity index (χ2v) is 6.07. The standard InChI is InChI=1S/C17H26N4O3/c1-13(2)24-10-8-19-16(22)11-15-17(23)20-7-9-21(15)12-14-5-3-4-6-18-14/h3-6,13,15H,7-12H2,1-2H3,(H,19,22)(H,20,23)/t15-/m0/s1. The summed E-state index contributed by atoms with van der Waals surface area (Å²) in [5, 5.41) is 5.63. The van der Waals surface area contributed by atoms with Gasteiger partial charge < -0.3 is 15.4 Å². The Morgan fingerprint density at radius 2 is 2.33 bits per heavy atom. The second-order valence-electron chi connectivity index (χ2n) is 6.07. The molecule has 1 aliphatic heterocycles. The molecule has 1 fully saturated rings. The lowest BCUT2D eigenvalue weighted by atomic mass is 10.1. The van der Waals surface area contributed by atoms with Crippen LogP contribution in [-0.2, 0) is 20.9 Å². The largest absolute Gasteiger partial charge is 0.377 e. The number of pyridine rings is 1. The van der Waals surface area contributed by atoms with Crippen molar-refractivity contribution in [3.8, 4) is 0 Å². The van der Waals surface area contributed by atoms with Crippen LogP contribution in [0.4, 0.5) is 0 Å². The van der Waals surface area contributed by atoms with Crippen molar-refractivity contribution in [1.29, 1.82) is 0 Å². The maximum atomic E-state index is 12.2. The zero-order valence-corrected chi connectivity index (χ0v) is 14.3. The van der Waals surface area contributed by atoms with E-state index in [-0.39, 0.29) is 24.3 Å². The van der Waals surface area contributed by atoms with Gasteiger partial charge in [0.2, 0.25) is 11.8 Å². The lowest BCUT2D eigenvalue weighted by Gasteiger charge is -2.34. The highest BCUT2D eigenvalue weighted by Crippen LogP contribution is 2.12. The molecule has 1 aromatic rings. The molecule has 2 amide bonds. The molecule has 0 aliphatic carbocycles. The molecule has 7 nitrogen and oxygen atoms in total. The van der Waals surface area contributed by atoms with Gasteiger partial charge in [0.05, 0.1) is 30.9 Å².